The van der Waals surface area contributed by atoms with E-state index in [9.17, 15) is 9.18 Å². The van der Waals surface area contributed by atoms with E-state index in [0.29, 0.717) is 35.3 Å². The molecule has 1 aliphatic heterocycles. The molecule has 31 heavy (non-hydrogen) atoms. The molecule has 164 valence electrons. The Morgan fingerprint density at radius 3 is 2.68 bits per heavy atom. The van der Waals surface area contributed by atoms with Crippen LogP contribution in [0.1, 0.15) is 55.6 Å². The molecular weight excluding hydrogens is 391 g/mol. The molecule has 1 N–H and O–H groups in total. The van der Waals surface area contributed by atoms with E-state index >= 15 is 0 Å². The molecule has 1 saturated heterocycles. The standard InChI is InChI=1S/C25H31FN4O/c1-17-28-20(14-23(29-17)27-16-19-5-2-3-6-22(19)26)13-18-7-11-30(12-8-18)24(31)21-15-25(21)9-4-10-25/h2-3,5-6,14,18,21H,4,7-13,15-16H2,1H3,(H,27,28,29)/t21-/m0/s1. The summed E-state index contributed by atoms with van der Waals surface area (Å²) in [6, 6.07) is 8.76. The van der Waals surface area contributed by atoms with Gasteiger partial charge in [0.2, 0.25) is 5.91 Å². The van der Waals surface area contributed by atoms with Crippen LogP contribution in [0, 0.1) is 30.0 Å². The van der Waals surface area contributed by atoms with Crippen LogP contribution < -0.4 is 5.32 Å². The van der Waals surface area contributed by atoms with Crippen molar-refractivity contribution in [1.82, 2.24) is 14.9 Å². The van der Waals surface area contributed by atoms with E-state index in [-0.39, 0.29) is 5.82 Å². The van der Waals surface area contributed by atoms with E-state index in [1.54, 1.807) is 12.1 Å². The van der Waals surface area contributed by atoms with Crippen LogP contribution >= 0.6 is 0 Å². The van der Waals surface area contributed by atoms with Crippen LogP contribution in [0.25, 0.3) is 0 Å². The molecule has 1 amide bonds. The number of carbonyl (C=O) groups is 1. The Bertz CT molecular complexity index is 966. The number of carbonyl (C=O) groups excluding carboxylic acids is 1. The molecule has 2 heterocycles. The number of anilines is 1. The molecule has 5 nitrogen and oxygen atoms in total. The maximum absolute atomic E-state index is 13.9. The van der Waals surface area contributed by atoms with Crippen LogP contribution in [0.2, 0.25) is 0 Å². The molecular formula is C25H31FN4O. The van der Waals surface area contributed by atoms with E-state index < -0.39 is 0 Å². The number of aromatic nitrogens is 2. The third kappa shape index (κ3) is 4.30. The van der Waals surface area contributed by atoms with E-state index in [1.807, 2.05) is 19.1 Å². The minimum atomic E-state index is -0.211. The van der Waals surface area contributed by atoms with Gasteiger partial charge in [-0.2, -0.15) is 0 Å². The lowest BCUT2D eigenvalue weighted by atomic mass is 9.79. The molecule has 2 saturated carbocycles. The molecule has 1 aromatic heterocycles. The normalized spacial score (nSPS) is 22.3. The van der Waals surface area contributed by atoms with Crippen molar-refractivity contribution in [2.75, 3.05) is 18.4 Å². The number of rotatable bonds is 6. The van der Waals surface area contributed by atoms with Gasteiger partial charge in [0.15, 0.2) is 0 Å². The van der Waals surface area contributed by atoms with Gasteiger partial charge < -0.3 is 10.2 Å². The molecule has 6 heteroatoms. The summed E-state index contributed by atoms with van der Waals surface area (Å²) in [6.07, 6.45) is 7.93. The number of halogens is 1. The van der Waals surface area contributed by atoms with Gasteiger partial charge in [-0.25, -0.2) is 14.4 Å². The first-order valence-electron chi connectivity index (χ1n) is 11.6. The Morgan fingerprint density at radius 1 is 1.23 bits per heavy atom. The van der Waals surface area contributed by atoms with Crippen molar-refractivity contribution in [1.29, 1.82) is 0 Å². The molecule has 3 aliphatic rings. The number of hydrogen-bond donors (Lipinski definition) is 1. The lowest BCUT2D eigenvalue weighted by molar-refractivity contribution is -0.135. The van der Waals surface area contributed by atoms with Crippen molar-refractivity contribution in [3.8, 4) is 0 Å². The molecule has 0 unspecified atom stereocenters. The fourth-order valence-corrected chi connectivity index (χ4v) is 5.41. The Morgan fingerprint density at radius 2 is 2.00 bits per heavy atom. The van der Waals surface area contributed by atoms with Crippen molar-refractivity contribution in [2.24, 2.45) is 17.3 Å². The summed E-state index contributed by atoms with van der Waals surface area (Å²) in [6.45, 7) is 4.04. The van der Waals surface area contributed by atoms with Gasteiger partial charge in [-0.3, -0.25) is 4.79 Å². The third-order valence-corrected chi connectivity index (χ3v) is 7.57. The van der Waals surface area contributed by atoms with Gasteiger partial charge >= 0.3 is 0 Å². The van der Waals surface area contributed by atoms with Crippen LogP contribution in [0.4, 0.5) is 10.2 Å². The van der Waals surface area contributed by atoms with E-state index in [4.69, 9.17) is 0 Å². The summed E-state index contributed by atoms with van der Waals surface area (Å²) in [4.78, 5) is 24.0. The number of aryl methyl sites for hydroxylation is 1. The SMILES string of the molecule is Cc1nc(CC2CCN(C(=O)[C@@H]3CC34CCC4)CC2)cc(NCc2ccccc2F)n1. The van der Waals surface area contributed by atoms with Gasteiger partial charge in [0.25, 0.3) is 0 Å². The highest BCUT2D eigenvalue weighted by molar-refractivity contribution is 5.83. The predicted octanol–water partition coefficient (Wildman–Crippen LogP) is 4.51. The monoisotopic (exact) mass is 422 g/mol. The van der Waals surface area contributed by atoms with Crippen molar-refractivity contribution >= 4 is 11.7 Å². The second-order valence-corrected chi connectivity index (χ2v) is 9.68. The number of nitrogens with zero attached hydrogens (tertiary/aromatic N) is 3. The highest BCUT2D eigenvalue weighted by atomic mass is 19.1. The zero-order valence-electron chi connectivity index (χ0n) is 18.2. The summed E-state index contributed by atoms with van der Waals surface area (Å²) < 4.78 is 13.9. The second kappa shape index (κ2) is 8.21. The first-order valence-corrected chi connectivity index (χ1v) is 11.6. The molecule has 1 aromatic carbocycles. The quantitative estimate of drug-likeness (QED) is 0.744. The highest BCUT2D eigenvalue weighted by Gasteiger charge is 2.61. The van der Waals surface area contributed by atoms with Gasteiger partial charge in [-0.15, -0.1) is 0 Å². The second-order valence-electron chi connectivity index (χ2n) is 9.68. The highest BCUT2D eigenvalue weighted by Crippen LogP contribution is 2.66. The smallest absolute Gasteiger partial charge is 0.226 e. The average Bonchev–Trinajstić information content (AvgIpc) is 3.50. The van der Waals surface area contributed by atoms with Crippen LogP contribution in [0.15, 0.2) is 30.3 Å². The number of hydrogen-bond acceptors (Lipinski definition) is 4. The Hall–Kier alpha value is -2.50. The maximum atomic E-state index is 13.9. The zero-order chi connectivity index (χ0) is 21.4. The zero-order valence-corrected chi connectivity index (χ0v) is 18.2. The predicted molar refractivity (Wildman–Crippen MR) is 118 cm³/mol. The lowest BCUT2D eigenvalue weighted by Crippen LogP contribution is -2.41. The minimum absolute atomic E-state index is 0.211. The van der Waals surface area contributed by atoms with Gasteiger partial charge in [0.1, 0.15) is 17.5 Å². The Kier molecular flexibility index (Phi) is 5.40. The topological polar surface area (TPSA) is 58.1 Å². The fourth-order valence-electron chi connectivity index (χ4n) is 5.41. The lowest BCUT2D eigenvalue weighted by Gasteiger charge is -2.34. The van der Waals surface area contributed by atoms with E-state index in [1.165, 1.54) is 25.3 Å². The Balaban J connectivity index is 1.14. The summed E-state index contributed by atoms with van der Waals surface area (Å²) in [7, 11) is 0. The molecule has 5 rings (SSSR count). The van der Waals surface area contributed by atoms with Crippen molar-refractivity contribution in [3.05, 3.63) is 53.2 Å². The summed E-state index contributed by atoms with van der Waals surface area (Å²) >= 11 is 0. The first-order chi connectivity index (χ1) is 15.0. The number of benzene rings is 1. The molecule has 2 aromatic rings. The van der Waals surface area contributed by atoms with E-state index in [0.717, 1.165) is 56.1 Å². The van der Waals surface area contributed by atoms with Crippen molar-refractivity contribution < 1.29 is 9.18 Å². The van der Waals surface area contributed by atoms with Gasteiger partial charge in [-0.05, 0) is 62.8 Å². The van der Waals surface area contributed by atoms with Crippen LogP contribution in [-0.4, -0.2) is 33.9 Å². The summed E-state index contributed by atoms with van der Waals surface area (Å²) in [5.74, 6) is 2.52. The van der Waals surface area contributed by atoms with Crippen LogP contribution in [0.5, 0.6) is 0 Å². The van der Waals surface area contributed by atoms with E-state index in [2.05, 4.69) is 20.2 Å². The van der Waals surface area contributed by atoms with Gasteiger partial charge in [-0.1, -0.05) is 24.6 Å². The molecule has 0 radical (unpaired) electrons. The fraction of sp³-hybridized carbons (Fsp3) is 0.560. The summed E-state index contributed by atoms with van der Waals surface area (Å²) in [5.41, 5.74) is 2.05. The number of amides is 1. The molecule has 1 atom stereocenters. The number of piperidine rings is 1. The summed E-state index contributed by atoms with van der Waals surface area (Å²) in [5, 5.41) is 3.24. The first kappa shape index (κ1) is 20.4. The average molecular weight is 423 g/mol. The van der Waals surface area contributed by atoms with Gasteiger partial charge in [0, 0.05) is 42.9 Å². The Labute approximate surface area is 183 Å². The minimum Gasteiger partial charge on any atom is -0.366 e. The number of nitrogens with one attached hydrogen (secondary N) is 1. The number of likely N-dealkylation sites (tertiary alicyclic amines) is 1. The largest absolute Gasteiger partial charge is 0.366 e. The van der Waals surface area contributed by atoms with Crippen molar-refractivity contribution in [2.45, 2.75) is 58.4 Å². The molecule has 0 bridgehead atoms. The van der Waals surface area contributed by atoms with Gasteiger partial charge in [0.05, 0.1) is 0 Å². The molecule has 1 spiro atoms. The molecule has 3 fully saturated rings. The maximum Gasteiger partial charge on any atom is 0.226 e. The third-order valence-electron chi connectivity index (χ3n) is 7.57. The van der Waals surface area contributed by atoms with Crippen molar-refractivity contribution in [3.63, 3.8) is 0 Å². The van der Waals surface area contributed by atoms with Crippen LogP contribution in [-0.2, 0) is 17.8 Å². The van der Waals surface area contributed by atoms with Crippen LogP contribution in [0.3, 0.4) is 0 Å². The molecule has 2 aliphatic carbocycles.